The van der Waals surface area contributed by atoms with Crippen LogP contribution in [0.15, 0.2) is 71.1 Å². The van der Waals surface area contributed by atoms with Crippen molar-refractivity contribution in [2.75, 3.05) is 0 Å². The predicted molar refractivity (Wildman–Crippen MR) is 160 cm³/mol. The largest absolute Gasteiger partial charge is 0.506 e. The lowest BCUT2D eigenvalue weighted by Crippen LogP contribution is -2.22. The lowest BCUT2D eigenvalue weighted by Gasteiger charge is -2.19. The minimum atomic E-state index is -0.541. The highest BCUT2D eigenvalue weighted by atomic mass is 32.1. The first-order valence-electron chi connectivity index (χ1n) is 12.5. The van der Waals surface area contributed by atoms with E-state index >= 15 is 0 Å². The molecule has 0 saturated heterocycles. The number of hydrogen-bond acceptors (Lipinski definition) is 7. The highest BCUT2D eigenvalue weighted by Crippen LogP contribution is 2.39. The number of carbonyl (C=O) groups is 3. The summed E-state index contributed by atoms with van der Waals surface area (Å²) in [7, 11) is 0. The van der Waals surface area contributed by atoms with E-state index in [-0.39, 0.29) is 23.6 Å². The zero-order valence-electron chi connectivity index (χ0n) is 22.6. The van der Waals surface area contributed by atoms with Gasteiger partial charge in [0.05, 0.1) is 25.9 Å². The van der Waals surface area contributed by atoms with Crippen LogP contribution in [0.4, 0.5) is 0 Å². The van der Waals surface area contributed by atoms with Crippen LogP contribution in [0.3, 0.4) is 0 Å². The Morgan fingerprint density at radius 3 is 2.30 bits per heavy atom. The molecule has 0 fully saturated rings. The molecule has 3 amide bonds. The van der Waals surface area contributed by atoms with E-state index in [9.17, 15) is 19.5 Å². The summed E-state index contributed by atoms with van der Waals surface area (Å²) in [6, 6.07) is 17.9. The fraction of sp³-hybridized carbons (Fsp3) is 0.200. The van der Waals surface area contributed by atoms with Crippen LogP contribution in [0.5, 0.6) is 5.75 Å². The molecule has 40 heavy (non-hydrogen) atoms. The zero-order chi connectivity index (χ0) is 29.0. The van der Waals surface area contributed by atoms with Crippen molar-refractivity contribution >= 4 is 46.1 Å². The minimum absolute atomic E-state index is 0.0373. The van der Waals surface area contributed by atoms with Crippen molar-refractivity contribution in [1.82, 2.24) is 10.7 Å². The number of nitrogens with two attached hydrogens (primary N) is 1. The van der Waals surface area contributed by atoms with Crippen LogP contribution < -0.4 is 16.5 Å². The van der Waals surface area contributed by atoms with Crippen molar-refractivity contribution in [3.63, 3.8) is 0 Å². The summed E-state index contributed by atoms with van der Waals surface area (Å²) in [6.07, 6.45) is 0. The van der Waals surface area contributed by atoms with Gasteiger partial charge in [0.15, 0.2) is 0 Å². The molecule has 4 rings (SSSR count). The van der Waals surface area contributed by atoms with Crippen LogP contribution in [-0.2, 0) is 12.0 Å². The molecule has 0 saturated carbocycles. The normalized spacial score (nSPS) is 11.8. The molecular weight excluding hydrogens is 544 g/mol. The van der Waals surface area contributed by atoms with Gasteiger partial charge in [0.2, 0.25) is 5.91 Å². The van der Waals surface area contributed by atoms with Crippen molar-refractivity contribution in [1.29, 1.82) is 0 Å². The molecule has 0 spiro atoms. The lowest BCUT2D eigenvalue weighted by molar-refractivity contribution is 0.0950. The van der Waals surface area contributed by atoms with Gasteiger partial charge in [-0.2, -0.15) is 5.10 Å². The number of hydrogen-bond donors (Lipinski definition) is 4. The molecule has 0 aliphatic carbocycles. The molecule has 0 radical (unpaired) electrons. The summed E-state index contributed by atoms with van der Waals surface area (Å²) in [5.74, 6) is -1.24. The molecule has 8 nitrogen and oxygen atoms in total. The summed E-state index contributed by atoms with van der Waals surface area (Å²) in [4.78, 5) is 38.0. The number of nitrogens with one attached hydrogen (secondary N) is 2. The number of benzene rings is 2. The topological polar surface area (TPSA) is 134 Å². The summed E-state index contributed by atoms with van der Waals surface area (Å²) >= 11 is 2.44. The van der Waals surface area contributed by atoms with E-state index in [0.717, 1.165) is 27.3 Å². The quantitative estimate of drug-likeness (QED) is 0.160. The first-order valence-corrected chi connectivity index (χ1v) is 14.2. The summed E-state index contributed by atoms with van der Waals surface area (Å²) in [5.41, 5.74) is 12.0. The number of thiophene rings is 2. The molecule has 0 unspecified atom stereocenters. The Kier molecular flexibility index (Phi) is 8.51. The van der Waals surface area contributed by atoms with Gasteiger partial charge in [-0.05, 0) is 53.3 Å². The molecule has 2 aromatic heterocycles. The molecule has 4 aromatic rings. The first kappa shape index (κ1) is 28.7. The SMILES string of the molecule is C/C(=N\NC(=O)c1ccc(C(=O)NCc2cccc(C(N)=O)c2)s1)c1csc(-c2ccc(C(C)(C)C)cc2)c1O. The van der Waals surface area contributed by atoms with E-state index in [1.807, 2.05) is 12.1 Å². The Morgan fingerprint density at radius 2 is 1.65 bits per heavy atom. The molecule has 0 bridgehead atoms. The van der Waals surface area contributed by atoms with Gasteiger partial charge in [0.25, 0.3) is 11.8 Å². The average molecular weight is 575 g/mol. The van der Waals surface area contributed by atoms with Crippen molar-refractivity contribution in [2.45, 2.75) is 39.7 Å². The van der Waals surface area contributed by atoms with Crippen LogP contribution in [0.25, 0.3) is 10.4 Å². The van der Waals surface area contributed by atoms with E-state index in [0.29, 0.717) is 26.6 Å². The van der Waals surface area contributed by atoms with Gasteiger partial charge in [-0.1, -0.05) is 57.2 Å². The Hall–Kier alpha value is -4.28. The smallest absolute Gasteiger partial charge is 0.281 e. The molecular formula is C30H30N4O4S2. The maximum absolute atomic E-state index is 12.7. The van der Waals surface area contributed by atoms with Gasteiger partial charge in [-0.15, -0.1) is 22.7 Å². The van der Waals surface area contributed by atoms with E-state index in [1.165, 1.54) is 16.9 Å². The fourth-order valence-corrected chi connectivity index (χ4v) is 5.69. The highest BCUT2D eigenvalue weighted by Gasteiger charge is 2.18. The van der Waals surface area contributed by atoms with Gasteiger partial charge < -0.3 is 16.2 Å². The third-order valence-corrected chi connectivity index (χ3v) is 8.31. The summed E-state index contributed by atoms with van der Waals surface area (Å²) < 4.78 is 0. The maximum Gasteiger partial charge on any atom is 0.281 e. The minimum Gasteiger partial charge on any atom is -0.506 e. The van der Waals surface area contributed by atoms with Gasteiger partial charge in [0, 0.05) is 17.5 Å². The predicted octanol–water partition coefficient (Wildman–Crippen LogP) is 5.66. The molecule has 2 heterocycles. The summed E-state index contributed by atoms with van der Waals surface area (Å²) in [5, 5.41) is 19.6. The van der Waals surface area contributed by atoms with Crippen molar-refractivity contribution in [2.24, 2.45) is 10.8 Å². The molecule has 5 N–H and O–H groups in total. The number of carbonyl (C=O) groups excluding carboxylic acids is 3. The van der Waals surface area contributed by atoms with Crippen molar-refractivity contribution < 1.29 is 19.5 Å². The van der Waals surface area contributed by atoms with Gasteiger partial charge in [-0.25, -0.2) is 5.43 Å². The van der Waals surface area contributed by atoms with Gasteiger partial charge in [0.1, 0.15) is 5.75 Å². The fourth-order valence-electron chi connectivity index (χ4n) is 3.87. The molecule has 10 heteroatoms. The summed E-state index contributed by atoms with van der Waals surface area (Å²) in [6.45, 7) is 8.36. The molecule has 2 aromatic carbocycles. The number of amides is 3. The van der Waals surface area contributed by atoms with Gasteiger partial charge in [-0.3, -0.25) is 14.4 Å². The van der Waals surface area contributed by atoms with E-state index in [2.05, 4.69) is 48.7 Å². The molecule has 206 valence electrons. The lowest BCUT2D eigenvalue weighted by atomic mass is 9.86. The second-order valence-corrected chi connectivity index (χ2v) is 12.2. The van der Waals surface area contributed by atoms with E-state index < -0.39 is 11.8 Å². The standard InChI is InChI=1S/C30H30N4O4S2/c1-17(22-16-39-26(25(22)35)19-8-10-21(11-9-19)30(2,3)4)33-34-29(38)24-13-12-23(40-24)28(37)32-15-18-6-5-7-20(14-18)27(31)36/h5-14,16,35H,15H2,1-4H3,(H2,31,36)(H,32,37)(H,34,38)/b33-17+. The highest BCUT2D eigenvalue weighted by molar-refractivity contribution is 7.16. The van der Waals surface area contributed by atoms with E-state index in [4.69, 9.17) is 5.73 Å². The van der Waals surface area contributed by atoms with Crippen molar-refractivity contribution in [3.05, 3.63) is 98.1 Å². The van der Waals surface area contributed by atoms with E-state index in [1.54, 1.807) is 48.7 Å². The molecule has 0 aliphatic rings. The second kappa shape index (κ2) is 11.8. The second-order valence-electron chi connectivity index (χ2n) is 10.2. The van der Waals surface area contributed by atoms with Crippen molar-refractivity contribution in [3.8, 4) is 16.2 Å². The number of rotatable bonds is 8. The maximum atomic E-state index is 12.7. The Labute approximate surface area is 240 Å². The van der Waals surface area contributed by atoms with Crippen LogP contribution in [0.2, 0.25) is 0 Å². The average Bonchev–Trinajstić information content (AvgIpc) is 3.57. The van der Waals surface area contributed by atoms with Crippen LogP contribution in [-0.4, -0.2) is 28.5 Å². The molecule has 0 atom stereocenters. The monoisotopic (exact) mass is 574 g/mol. The molecule has 0 aliphatic heterocycles. The first-order chi connectivity index (χ1) is 18.9. The Morgan fingerprint density at radius 1 is 0.975 bits per heavy atom. The third-order valence-electron chi connectivity index (χ3n) is 6.21. The van der Waals surface area contributed by atoms with Crippen LogP contribution >= 0.6 is 22.7 Å². The number of aromatic hydroxyl groups is 1. The zero-order valence-corrected chi connectivity index (χ0v) is 24.2. The van der Waals surface area contributed by atoms with Gasteiger partial charge >= 0.3 is 0 Å². The van der Waals surface area contributed by atoms with Crippen LogP contribution in [0, 0.1) is 0 Å². The number of nitrogens with zero attached hydrogens (tertiary/aromatic N) is 1. The Balaban J connectivity index is 1.38. The third kappa shape index (κ3) is 6.64. The number of hydrazone groups is 1. The number of primary amides is 1. The van der Waals surface area contributed by atoms with Crippen LogP contribution in [0.1, 0.15) is 74.1 Å². The Bertz CT molecular complexity index is 1590.